The second-order valence-electron chi connectivity index (χ2n) is 3.52. The standard InChI is InChI=1S/C12H11NO4S/c14-18(15,16)13-10-5-4-8-12(9-10)17-11-6-2-1-3-7-11/h1-9,13H,(H,14,15,16). The third-order valence-corrected chi connectivity index (χ3v) is 2.55. The molecule has 0 aliphatic carbocycles. The van der Waals surface area contributed by atoms with Crippen LogP contribution in [0, 0.1) is 0 Å². The highest BCUT2D eigenvalue weighted by Crippen LogP contribution is 2.24. The number of anilines is 1. The highest BCUT2D eigenvalue weighted by Gasteiger charge is 2.05. The lowest BCUT2D eigenvalue weighted by molar-refractivity contribution is 0.482. The first kappa shape index (κ1) is 12.4. The topological polar surface area (TPSA) is 75.6 Å². The van der Waals surface area contributed by atoms with Gasteiger partial charge in [0, 0.05) is 6.07 Å². The molecule has 18 heavy (non-hydrogen) atoms. The first-order valence-corrected chi connectivity index (χ1v) is 6.55. The number of benzene rings is 2. The van der Waals surface area contributed by atoms with Gasteiger partial charge in [0.2, 0.25) is 0 Å². The highest BCUT2D eigenvalue weighted by atomic mass is 32.2. The first-order valence-electron chi connectivity index (χ1n) is 5.11. The fourth-order valence-electron chi connectivity index (χ4n) is 1.40. The molecule has 2 N–H and O–H groups in total. The van der Waals surface area contributed by atoms with E-state index >= 15 is 0 Å². The van der Waals surface area contributed by atoms with Crippen LogP contribution < -0.4 is 9.46 Å². The van der Waals surface area contributed by atoms with Crippen LogP contribution in [0.4, 0.5) is 5.69 Å². The first-order chi connectivity index (χ1) is 8.53. The maximum absolute atomic E-state index is 10.7. The number of ether oxygens (including phenoxy) is 1. The van der Waals surface area contributed by atoms with Crippen LogP contribution in [0.3, 0.4) is 0 Å². The maximum Gasteiger partial charge on any atom is 0.357 e. The Kier molecular flexibility index (Phi) is 3.50. The van der Waals surface area contributed by atoms with E-state index in [2.05, 4.69) is 0 Å². The van der Waals surface area contributed by atoms with Crippen LogP contribution in [0.5, 0.6) is 11.5 Å². The predicted octanol–water partition coefficient (Wildman–Crippen LogP) is 2.69. The molecule has 2 aromatic rings. The summed E-state index contributed by atoms with van der Waals surface area (Å²) in [5.74, 6) is 1.11. The molecule has 0 unspecified atom stereocenters. The fraction of sp³-hybridized carbons (Fsp3) is 0. The summed E-state index contributed by atoms with van der Waals surface area (Å²) in [7, 11) is -4.27. The van der Waals surface area contributed by atoms with Gasteiger partial charge in [-0.15, -0.1) is 0 Å². The van der Waals surface area contributed by atoms with Crippen molar-refractivity contribution in [1.29, 1.82) is 0 Å². The molecule has 0 amide bonds. The van der Waals surface area contributed by atoms with E-state index in [0.29, 0.717) is 11.5 Å². The monoisotopic (exact) mass is 265 g/mol. The van der Waals surface area contributed by atoms with Crippen molar-refractivity contribution in [2.45, 2.75) is 0 Å². The molecule has 2 aromatic carbocycles. The van der Waals surface area contributed by atoms with Crippen LogP contribution in [-0.2, 0) is 10.3 Å². The second kappa shape index (κ2) is 5.07. The summed E-state index contributed by atoms with van der Waals surface area (Å²) in [6, 6.07) is 15.4. The van der Waals surface area contributed by atoms with Gasteiger partial charge in [-0.1, -0.05) is 24.3 Å². The lowest BCUT2D eigenvalue weighted by atomic mass is 10.3. The molecule has 0 aromatic heterocycles. The average Bonchev–Trinajstić information content (AvgIpc) is 2.28. The zero-order chi connectivity index (χ0) is 13.0. The molecule has 0 atom stereocenters. The van der Waals surface area contributed by atoms with E-state index in [4.69, 9.17) is 9.29 Å². The molecule has 0 saturated heterocycles. The number of rotatable bonds is 4. The van der Waals surface area contributed by atoms with Crippen LogP contribution in [0.2, 0.25) is 0 Å². The Balaban J connectivity index is 2.18. The van der Waals surface area contributed by atoms with E-state index in [1.807, 2.05) is 22.9 Å². The molecule has 94 valence electrons. The number of hydrogen-bond acceptors (Lipinski definition) is 3. The third kappa shape index (κ3) is 3.76. The third-order valence-electron chi connectivity index (χ3n) is 2.06. The van der Waals surface area contributed by atoms with E-state index in [0.717, 1.165) is 0 Å². The summed E-state index contributed by atoms with van der Waals surface area (Å²) in [5.41, 5.74) is 0.228. The molecule has 0 aliphatic heterocycles. The van der Waals surface area contributed by atoms with Gasteiger partial charge in [-0.3, -0.25) is 9.27 Å². The van der Waals surface area contributed by atoms with Crippen molar-refractivity contribution in [3.8, 4) is 11.5 Å². The van der Waals surface area contributed by atoms with Gasteiger partial charge >= 0.3 is 10.3 Å². The van der Waals surface area contributed by atoms with Crippen LogP contribution in [-0.4, -0.2) is 13.0 Å². The normalized spacial score (nSPS) is 10.9. The Bertz CT molecular complexity index is 626. The molecule has 0 saturated carbocycles. The Morgan fingerprint density at radius 2 is 1.61 bits per heavy atom. The minimum atomic E-state index is -4.27. The summed E-state index contributed by atoms with van der Waals surface area (Å²) < 4.78 is 37.5. The summed E-state index contributed by atoms with van der Waals surface area (Å²) in [5, 5.41) is 0. The van der Waals surface area contributed by atoms with Crippen molar-refractivity contribution in [1.82, 2.24) is 0 Å². The second-order valence-corrected chi connectivity index (χ2v) is 4.67. The van der Waals surface area contributed by atoms with Gasteiger partial charge in [-0.05, 0) is 24.3 Å². The average molecular weight is 265 g/mol. The minimum absolute atomic E-state index is 0.228. The van der Waals surface area contributed by atoms with E-state index in [1.54, 1.807) is 24.3 Å². The van der Waals surface area contributed by atoms with Crippen molar-refractivity contribution in [2.24, 2.45) is 0 Å². The lowest BCUT2D eigenvalue weighted by Crippen LogP contribution is -2.10. The van der Waals surface area contributed by atoms with Crippen molar-refractivity contribution in [2.75, 3.05) is 4.72 Å². The maximum atomic E-state index is 10.7. The Morgan fingerprint density at radius 3 is 2.28 bits per heavy atom. The molecular formula is C12H11NO4S. The van der Waals surface area contributed by atoms with Crippen LogP contribution in [0.1, 0.15) is 0 Å². The zero-order valence-corrected chi connectivity index (χ0v) is 10.1. The molecule has 0 radical (unpaired) electrons. The zero-order valence-electron chi connectivity index (χ0n) is 9.28. The van der Waals surface area contributed by atoms with Gasteiger partial charge in [0.15, 0.2) is 0 Å². The molecule has 0 aliphatic rings. The molecule has 0 bridgehead atoms. The summed E-state index contributed by atoms with van der Waals surface area (Å²) in [4.78, 5) is 0. The SMILES string of the molecule is O=S(=O)(O)Nc1cccc(Oc2ccccc2)c1. The highest BCUT2D eigenvalue weighted by molar-refractivity contribution is 7.87. The largest absolute Gasteiger partial charge is 0.457 e. The number of para-hydroxylation sites is 1. The van der Waals surface area contributed by atoms with E-state index in [1.165, 1.54) is 12.1 Å². The van der Waals surface area contributed by atoms with E-state index in [-0.39, 0.29) is 5.69 Å². The van der Waals surface area contributed by atoms with E-state index < -0.39 is 10.3 Å². The molecule has 0 heterocycles. The Hall–Kier alpha value is -2.05. The Labute approximate surface area is 105 Å². The van der Waals surface area contributed by atoms with Crippen molar-refractivity contribution >= 4 is 16.0 Å². The number of nitrogens with one attached hydrogen (secondary N) is 1. The predicted molar refractivity (Wildman–Crippen MR) is 68.1 cm³/mol. The number of hydrogen-bond donors (Lipinski definition) is 2. The molecular weight excluding hydrogens is 254 g/mol. The van der Waals surface area contributed by atoms with Crippen LogP contribution in [0.25, 0.3) is 0 Å². The van der Waals surface area contributed by atoms with Crippen molar-refractivity contribution in [3.05, 3.63) is 54.6 Å². The molecule has 2 rings (SSSR count). The van der Waals surface area contributed by atoms with Crippen molar-refractivity contribution < 1.29 is 17.7 Å². The molecule has 0 fully saturated rings. The van der Waals surface area contributed by atoms with Gasteiger partial charge in [0.25, 0.3) is 0 Å². The van der Waals surface area contributed by atoms with Gasteiger partial charge in [0.1, 0.15) is 11.5 Å². The summed E-state index contributed by atoms with van der Waals surface area (Å²) >= 11 is 0. The van der Waals surface area contributed by atoms with E-state index in [9.17, 15) is 8.42 Å². The molecule has 5 nitrogen and oxygen atoms in total. The quantitative estimate of drug-likeness (QED) is 0.833. The minimum Gasteiger partial charge on any atom is -0.457 e. The smallest absolute Gasteiger partial charge is 0.357 e. The van der Waals surface area contributed by atoms with Gasteiger partial charge in [-0.2, -0.15) is 8.42 Å². The van der Waals surface area contributed by atoms with Crippen molar-refractivity contribution in [3.63, 3.8) is 0 Å². The van der Waals surface area contributed by atoms with Crippen LogP contribution >= 0.6 is 0 Å². The van der Waals surface area contributed by atoms with Gasteiger partial charge < -0.3 is 4.74 Å². The summed E-state index contributed by atoms with van der Waals surface area (Å²) in [6.07, 6.45) is 0. The van der Waals surface area contributed by atoms with Gasteiger partial charge in [0.05, 0.1) is 5.69 Å². The fourth-order valence-corrected chi connectivity index (χ4v) is 1.82. The molecule has 6 heteroatoms. The van der Waals surface area contributed by atoms with Gasteiger partial charge in [-0.25, -0.2) is 0 Å². The van der Waals surface area contributed by atoms with Crippen LogP contribution in [0.15, 0.2) is 54.6 Å². The summed E-state index contributed by atoms with van der Waals surface area (Å²) in [6.45, 7) is 0. The lowest BCUT2D eigenvalue weighted by Gasteiger charge is -2.07. The Morgan fingerprint density at radius 1 is 0.944 bits per heavy atom. The molecule has 0 spiro atoms.